The minimum atomic E-state index is -0.683. The molecule has 10 heteroatoms. The molecule has 2 amide bonds. The van der Waals surface area contributed by atoms with E-state index in [2.05, 4.69) is 20.7 Å². The molecule has 166 valence electrons. The Labute approximate surface area is 185 Å². The molecular weight excluding hydrogens is 416 g/mol. The largest absolute Gasteiger partial charge is 0.375 e. The summed E-state index contributed by atoms with van der Waals surface area (Å²) in [5, 5.41) is 9.62. The van der Waals surface area contributed by atoms with Gasteiger partial charge in [0.05, 0.1) is 22.2 Å². The molecule has 1 aliphatic heterocycles. The number of carbonyl (C=O) groups excluding carboxylic acids is 3. The summed E-state index contributed by atoms with van der Waals surface area (Å²) in [6.45, 7) is 3.14. The molecule has 1 unspecified atom stereocenters. The number of piperidine rings is 1. The Morgan fingerprint density at radius 3 is 2.94 bits per heavy atom. The molecule has 1 fully saturated rings. The average molecular weight is 445 g/mol. The third-order valence-electron chi connectivity index (χ3n) is 5.35. The molecule has 0 radical (unpaired) electrons. The van der Waals surface area contributed by atoms with Crippen LogP contribution in [0.25, 0.3) is 10.2 Å². The molecule has 0 bridgehead atoms. The van der Waals surface area contributed by atoms with Crippen LogP contribution in [0.1, 0.15) is 42.4 Å². The van der Waals surface area contributed by atoms with Gasteiger partial charge in [-0.1, -0.05) is 12.1 Å². The van der Waals surface area contributed by atoms with E-state index in [1.54, 1.807) is 4.90 Å². The zero-order chi connectivity index (χ0) is 22.2. The summed E-state index contributed by atoms with van der Waals surface area (Å²) in [5.41, 5.74) is 0.770. The molecule has 4 N–H and O–H groups in total. The number of hydrogen-bond acceptors (Lipinski definition) is 7. The first-order valence-corrected chi connectivity index (χ1v) is 11.2. The number of rotatable bonds is 9. The standard InChI is InChI=1S/C21H28N6O3S/c1-14(28)27-11-5-6-15(12-27)20(30)25-17(8-4-10-23-13-24-22)19(29)21-26-16-7-2-3-9-18(16)31-21/h2-3,7,9,13,15,17H,4-6,8,10-12,22H2,1H3,(H,23,24)(H,25,30)/t15-,17?/m0/s1. The van der Waals surface area contributed by atoms with Crippen molar-refractivity contribution >= 4 is 45.5 Å². The first-order chi connectivity index (χ1) is 15.0. The van der Waals surface area contributed by atoms with E-state index in [4.69, 9.17) is 5.84 Å². The van der Waals surface area contributed by atoms with Crippen molar-refractivity contribution in [3.8, 4) is 0 Å². The maximum atomic E-state index is 13.2. The second-order valence-corrected chi connectivity index (χ2v) is 8.62. The minimum absolute atomic E-state index is 0.0350. The van der Waals surface area contributed by atoms with Gasteiger partial charge in [-0.2, -0.15) is 5.10 Å². The van der Waals surface area contributed by atoms with Gasteiger partial charge < -0.3 is 21.4 Å². The van der Waals surface area contributed by atoms with Crippen molar-refractivity contribution in [2.75, 3.05) is 19.6 Å². The lowest BCUT2D eigenvalue weighted by atomic mass is 9.96. The van der Waals surface area contributed by atoms with E-state index in [-0.39, 0.29) is 23.5 Å². The summed E-state index contributed by atoms with van der Waals surface area (Å²) < 4.78 is 0.932. The number of hydrogen-bond donors (Lipinski definition) is 3. The zero-order valence-corrected chi connectivity index (χ0v) is 18.4. The predicted octanol–water partition coefficient (Wildman–Crippen LogP) is 1.49. The number of aromatic nitrogens is 1. The molecule has 1 saturated heterocycles. The van der Waals surface area contributed by atoms with Crippen molar-refractivity contribution in [1.29, 1.82) is 0 Å². The van der Waals surface area contributed by atoms with Crippen LogP contribution in [0.15, 0.2) is 29.4 Å². The monoisotopic (exact) mass is 444 g/mol. The number of fused-ring (bicyclic) bond motifs is 1. The Hall–Kier alpha value is -3.01. The quantitative estimate of drug-likeness (QED) is 0.134. The highest BCUT2D eigenvalue weighted by Crippen LogP contribution is 2.24. The van der Waals surface area contributed by atoms with E-state index >= 15 is 0 Å². The number of nitrogens with one attached hydrogen (secondary N) is 2. The van der Waals surface area contributed by atoms with Gasteiger partial charge in [0, 0.05) is 26.6 Å². The second-order valence-electron chi connectivity index (χ2n) is 7.59. The number of nitrogens with zero attached hydrogens (tertiary/aromatic N) is 3. The summed E-state index contributed by atoms with van der Waals surface area (Å²) in [5.74, 6) is 4.34. The van der Waals surface area contributed by atoms with Crippen molar-refractivity contribution < 1.29 is 14.4 Å². The highest BCUT2D eigenvalue weighted by atomic mass is 32.1. The molecule has 2 heterocycles. The molecule has 3 rings (SSSR count). The highest BCUT2D eigenvalue weighted by Gasteiger charge is 2.31. The smallest absolute Gasteiger partial charge is 0.225 e. The maximum absolute atomic E-state index is 13.2. The lowest BCUT2D eigenvalue weighted by Gasteiger charge is -2.32. The number of benzene rings is 1. The number of hydrazone groups is 1. The number of nitrogens with two attached hydrogens (primary N) is 1. The SMILES string of the molecule is CC(=O)N1CCC[C@H](C(=O)NC(CCCNC=NN)C(=O)c2nc3ccccc3s2)C1. The van der Waals surface area contributed by atoms with E-state index in [1.807, 2.05) is 24.3 Å². The van der Waals surface area contributed by atoms with Crippen molar-refractivity contribution in [3.05, 3.63) is 29.3 Å². The lowest BCUT2D eigenvalue weighted by molar-refractivity contribution is -0.134. The van der Waals surface area contributed by atoms with E-state index in [9.17, 15) is 14.4 Å². The lowest BCUT2D eigenvalue weighted by Crippen LogP contribution is -2.49. The average Bonchev–Trinajstić information content (AvgIpc) is 3.22. The van der Waals surface area contributed by atoms with Crippen LogP contribution < -0.4 is 16.5 Å². The summed E-state index contributed by atoms with van der Waals surface area (Å²) in [6.07, 6.45) is 3.96. The van der Waals surface area contributed by atoms with Crippen LogP contribution >= 0.6 is 11.3 Å². The molecule has 1 aliphatic rings. The van der Waals surface area contributed by atoms with Gasteiger partial charge in [-0.25, -0.2) is 4.98 Å². The van der Waals surface area contributed by atoms with Crippen molar-refractivity contribution in [3.63, 3.8) is 0 Å². The van der Waals surface area contributed by atoms with Gasteiger partial charge in [-0.05, 0) is 37.8 Å². The van der Waals surface area contributed by atoms with Crippen LogP contribution in [-0.4, -0.2) is 59.5 Å². The first-order valence-electron chi connectivity index (χ1n) is 10.4. The topological polar surface area (TPSA) is 130 Å². The molecule has 1 aromatic heterocycles. The Bertz CT molecular complexity index is 926. The van der Waals surface area contributed by atoms with Gasteiger partial charge in [0.25, 0.3) is 0 Å². The summed E-state index contributed by atoms with van der Waals surface area (Å²) in [7, 11) is 0. The van der Waals surface area contributed by atoms with Crippen LogP contribution in [0.4, 0.5) is 0 Å². The van der Waals surface area contributed by atoms with E-state index < -0.39 is 6.04 Å². The van der Waals surface area contributed by atoms with Crippen LogP contribution in [0.5, 0.6) is 0 Å². The van der Waals surface area contributed by atoms with Gasteiger partial charge >= 0.3 is 0 Å². The Balaban J connectivity index is 1.71. The molecule has 9 nitrogen and oxygen atoms in total. The van der Waals surface area contributed by atoms with Gasteiger partial charge in [-0.15, -0.1) is 11.3 Å². The molecule has 1 aromatic carbocycles. The fourth-order valence-corrected chi connectivity index (χ4v) is 4.65. The Morgan fingerprint density at radius 2 is 2.19 bits per heavy atom. The number of para-hydroxylation sites is 1. The van der Waals surface area contributed by atoms with Crippen molar-refractivity contribution in [1.82, 2.24) is 20.5 Å². The summed E-state index contributed by atoms with van der Waals surface area (Å²) in [4.78, 5) is 44.0. The second kappa shape index (κ2) is 10.9. The van der Waals surface area contributed by atoms with Crippen LogP contribution in [0.2, 0.25) is 0 Å². The van der Waals surface area contributed by atoms with Gasteiger partial charge in [0.2, 0.25) is 17.6 Å². The van der Waals surface area contributed by atoms with Gasteiger partial charge in [0.1, 0.15) is 6.34 Å². The first kappa shape index (κ1) is 22.7. The van der Waals surface area contributed by atoms with Crippen molar-refractivity contribution in [2.45, 2.75) is 38.6 Å². The molecule has 0 spiro atoms. The molecule has 0 aliphatic carbocycles. The number of carbonyl (C=O) groups is 3. The Morgan fingerprint density at radius 1 is 1.39 bits per heavy atom. The molecular formula is C21H28N6O3S. The fraction of sp³-hybridized carbons (Fsp3) is 0.476. The zero-order valence-electron chi connectivity index (χ0n) is 17.5. The molecule has 2 atom stereocenters. The fourth-order valence-electron chi connectivity index (χ4n) is 3.69. The summed E-state index contributed by atoms with van der Waals surface area (Å²) in [6, 6.07) is 6.89. The third kappa shape index (κ3) is 6.00. The number of thiazole rings is 1. The maximum Gasteiger partial charge on any atom is 0.225 e. The molecule has 0 saturated carbocycles. The predicted molar refractivity (Wildman–Crippen MR) is 121 cm³/mol. The number of Topliss-reactive ketones (excluding diaryl/α,β-unsaturated/α-hetero) is 1. The van der Waals surface area contributed by atoms with E-state index in [0.717, 1.165) is 16.6 Å². The third-order valence-corrected chi connectivity index (χ3v) is 6.41. The minimum Gasteiger partial charge on any atom is -0.375 e. The van der Waals surface area contributed by atoms with E-state index in [1.165, 1.54) is 24.6 Å². The van der Waals surface area contributed by atoms with Crippen LogP contribution in [-0.2, 0) is 9.59 Å². The van der Waals surface area contributed by atoms with Gasteiger partial charge in [0.15, 0.2) is 5.01 Å². The highest BCUT2D eigenvalue weighted by molar-refractivity contribution is 7.20. The van der Waals surface area contributed by atoms with E-state index in [0.29, 0.717) is 43.9 Å². The molecule has 2 aromatic rings. The Kier molecular flexibility index (Phi) is 7.94. The number of ketones is 1. The van der Waals surface area contributed by atoms with Crippen LogP contribution in [0.3, 0.4) is 0 Å². The normalized spacial score (nSPS) is 17.6. The van der Waals surface area contributed by atoms with Crippen molar-refractivity contribution in [2.24, 2.45) is 16.9 Å². The summed E-state index contributed by atoms with van der Waals surface area (Å²) >= 11 is 1.33. The molecule has 31 heavy (non-hydrogen) atoms. The van der Waals surface area contributed by atoms with Crippen LogP contribution in [0, 0.1) is 5.92 Å². The van der Waals surface area contributed by atoms with Gasteiger partial charge in [-0.3, -0.25) is 14.4 Å². The number of likely N-dealkylation sites (tertiary alicyclic amines) is 1. The number of amides is 2.